The molecule has 0 bridgehead atoms. The monoisotopic (exact) mass is 536 g/mol. The van der Waals surface area contributed by atoms with Gasteiger partial charge in [-0.05, 0) is 31.3 Å². The highest BCUT2D eigenvalue weighted by Gasteiger charge is 2.25. The number of piperazine rings is 1. The van der Waals surface area contributed by atoms with Crippen LogP contribution in [0.3, 0.4) is 0 Å². The zero-order valence-corrected chi connectivity index (χ0v) is 23.7. The van der Waals surface area contributed by atoms with Crippen molar-refractivity contribution in [3.63, 3.8) is 0 Å². The van der Waals surface area contributed by atoms with Crippen molar-refractivity contribution in [1.29, 1.82) is 0 Å². The highest BCUT2D eigenvalue weighted by atomic mass is 19.1. The maximum Gasteiger partial charge on any atom is 0.229 e. The molecule has 3 aromatic rings. The summed E-state index contributed by atoms with van der Waals surface area (Å²) >= 11 is 0. The van der Waals surface area contributed by atoms with E-state index in [1.54, 1.807) is 53.7 Å². The number of fused-ring (bicyclic) bond motifs is 1. The van der Waals surface area contributed by atoms with Crippen LogP contribution in [0.1, 0.15) is 41.5 Å². The average Bonchev–Trinajstić information content (AvgIpc) is 2.84. The number of carbonyl (C=O) groups is 2. The van der Waals surface area contributed by atoms with Gasteiger partial charge in [-0.25, -0.2) is 4.39 Å². The fourth-order valence-corrected chi connectivity index (χ4v) is 4.15. The van der Waals surface area contributed by atoms with E-state index in [4.69, 9.17) is 4.42 Å². The molecule has 8 nitrogen and oxygen atoms in total. The molecule has 1 fully saturated rings. The highest BCUT2D eigenvalue weighted by Crippen LogP contribution is 2.33. The standard InChI is InChI=1S/C30H37FN4O4/c1-29(2,3)27(37)32-21-9-8-18(14-20(21)31)24-17-23(36)26-22(33-28(38)30(4,5)6)15-19(16-25(26)39-24)35-12-10-34(7)11-13-35/h8-9,14-17H,10-13H2,1-7H3,(H,32,37)(H,33,38). The van der Waals surface area contributed by atoms with Gasteiger partial charge in [-0.15, -0.1) is 0 Å². The molecule has 2 amide bonds. The van der Waals surface area contributed by atoms with Crippen LogP contribution >= 0.6 is 0 Å². The van der Waals surface area contributed by atoms with Crippen molar-refractivity contribution < 1.29 is 18.4 Å². The first-order valence-electron chi connectivity index (χ1n) is 13.1. The lowest BCUT2D eigenvalue weighted by molar-refractivity contribution is -0.123. The predicted molar refractivity (Wildman–Crippen MR) is 154 cm³/mol. The number of rotatable bonds is 4. The summed E-state index contributed by atoms with van der Waals surface area (Å²) in [6, 6.07) is 9.20. The van der Waals surface area contributed by atoms with Gasteiger partial charge in [0.1, 0.15) is 17.2 Å². The molecule has 39 heavy (non-hydrogen) atoms. The average molecular weight is 537 g/mol. The third kappa shape index (κ3) is 6.30. The lowest BCUT2D eigenvalue weighted by atomic mass is 9.95. The Morgan fingerprint density at radius 3 is 2.00 bits per heavy atom. The molecule has 0 spiro atoms. The van der Waals surface area contributed by atoms with Crippen LogP contribution in [0.5, 0.6) is 0 Å². The number of carbonyl (C=O) groups excluding carboxylic acids is 2. The van der Waals surface area contributed by atoms with Crippen LogP contribution in [0.25, 0.3) is 22.3 Å². The van der Waals surface area contributed by atoms with Crippen molar-refractivity contribution in [2.75, 3.05) is 48.8 Å². The van der Waals surface area contributed by atoms with Crippen LogP contribution in [0.2, 0.25) is 0 Å². The smallest absolute Gasteiger partial charge is 0.229 e. The molecule has 0 unspecified atom stereocenters. The summed E-state index contributed by atoms with van der Waals surface area (Å²) in [5, 5.41) is 5.78. The van der Waals surface area contributed by atoms with E-state index in [1.807, 2.05) is 6.07 Å². The molecule has 1 aliphatic heterocycles. The molecule has 208 valence electrons. The minimum absolute atomic E-state index is 0.0475. The number of halogens is 1. The number of nitrogens with one attached hydrogen (secondary N) is 2. The number of anilines is 3. The Labute approximate surface area is 228 Å². The highest BCUT2D eigenvalue weighted by molar-refractivity contribution is 6.04. The summed E-state index contributed by atoms with van der Waals surface area (Å²) in [7, 11) is 2.07. The molecule has 1 aromatic heterocycles. The number of hydrogen-bond donors (Lipinski definition) is 2. The molecule has 2 aromatic carbocycles. The Morgan fingerprint density at radius 1 is 0.846 bits per heavy atom. The van der Waals surface area contributed by atoms with Crippen molar-refractivity contribution in [1.82, 2.24) is 4.90 Å². The lowest BCUT2D eigenvalue weighted by Gasteiger charge is -2.34. The number of likely N-dealkylation sites (N-methyl/N-ethyl adjacent to an activating group) is 1. The first-order chi connectivity index (χ1) is 18.1. The third-order valence-corrected chi connectivity index (χ3v) is 6.80. The van der Waals surface area contributed by atoms with Crippen molar-refractivity contribution in [3.8, 4) is 11.3 Å². The minimum Gasteiger partial charge on any atom is -0.456 e. The van der Waals surface area contributed by atoms with Gasteiger partial charge >= 0.3 is 0 Å². The summed E-state index contributed by atoms with van der Waals surface area (Å²) in [5.74, 6) is -0.994. The predicted octanol–water partition coefficient (Wildman–Crippen LogP) is 5.32. The van der Waals surface area contributed by atoms with E-state index in [0.717, 1.165) is 31.9 Å². The first kappa shape index (κ1) is 28.3. The summed E-state index contributed by atoms with van der Waals surface area (Å²) in [5.41, 5.74) is 0.196. The molecule has 4 rings (SSSR count). The SMILES string of the molecule is CN1CCN(c2cc(NC(=O)C(C)(C)C)c3c(=O)cc(-c4ccc(NC(=O)C(C)(C)C)c(F)c4)oc3c2)CC1. The lowest BCUT2D eigenvalue weighted by Crippen LogP contribution is -2.44. The van der Waals surface area contributed by atoms with Gasteiger partial charge in [-0.2, -0.15) is 0 Å². The normalized spacial score (nSPS) is 14.9. The van der Waals surface area contributed by atoms with Gasteiger partial charge in [-0.1, -0.05) is 41.5 Å². The summed E-state index contributed by atoms with van der Waals surface area (Å²) < 4.78 is 21.1. The molecule has 0 atom stereocenters. The number of nitrogens with zero attached hydrogens (tertiary/aromatic N) is 2. The van der Waals surface area contributed by atoms with E-state index in [0.29, 0.717) is 16.8 Å². The van der Waals surface area contributed by atoms with Gasteiger partial charge in [0.15, 0.2) is 5.43 Å². The van der Waals surface area contributed by atoms with E-state index < -0.39 is 16.6 Å². The second kappa shape index (κ2) is 10.4. The van der Waals surface area contributed by atoms with Crippen LogP contribution in [-0.2, 0) is 9.59 Å². The van der Waals surface area contributed by atoms with Crippen LogP contribution in [-0.4, -0.2) is 49.9 Å². The Bertz CT molecular complexity index is 1480. The molecule has 0 aliphatic carbocycles. The zero-order chi connectivity index (χ0) is 28.7. The number of hydrogen-bond acceptors (Lipinski definition) is 6. The Balaban J connectivity index is 1.79. The first-order valence-corrected chi connectivity index (χ1v) is 13.1. The van der Waals surface area contributed by atoms with Gasteiger partial charge in [0.25, 0.3) is 0 Å². The summed E-state index contributed by atoms with van der Waals surface area (Å²) in [6.45, 7) is 14.0. The van der Waals surface area contributed by atoms with E-state index in [-0.39, 0.29) is 34.1 Å². The molecule has 1 saturated heterocycles. The largest absolute Gasteiger partial charge is 0.456 e. The molecule has 0 radical (unpaired) electrons. The zero-order valence-electron chi connectivity index (χ0n) is 23.7. The Kier molecular flexibility index (Phi) is 7.58. The van der Waals surface area contributed by atoms with Gasteiger partial charge in [-0.3, -0.25) is 14.4 Å². The Hall–Kier alpha value is -3.72. The van der Waals surface area contributed by atoms with E-state index in [9.17, 15) is 18.8 Å². The fraction of sp³-hybridized carbons (Fsp3) is 0.433. The molecule has 1 aliphatic rings. The van der Waals surface area contributed by atoms with Crippen molar-refractivity contribution in [2.45, 2.75) is 41.5 Å². The van der Waals surface area contributed by atoms with Gasteiger partial charge < -0.3 is 24.9 Å². The summed E-state index contributed by atoms with van der Waals surface area (Å²) in [6.07, 6.45) is 0. The van der Waals surface area contributed by atoms with E-state index in [1.165, 1.54) is 18.2 Å². The molecule has 0 saturated carbocycles. The minimum atomic E-state index is -0.683. The maximum absolute atomic E-state index is 15.0. The van der Waals surface area contributed by atoms with Gasteiger partial charge in [0.05, 0.1) is 16.8 Å². The number of amides is 2. The van der Waals surface area contributed by atoms with E-state index in [2.05, 4.69) is 27.5 Å². The second-order valence-corrected chi connectivity index (χ2v) is 12.2. The van der Waals surface area contributed by atoms with Gasteiger partial charge in [0, 0.05) is 60.4 Å². The molecular weight excluding hydrogens is 499 g/mol. The molecule has 2 N–H and O–H groups in total. The molecular formula is C30H37FN4O4. The van der Waals surface area contributed by atoms with Crippen LogP contribution in [0.15, 0.2) is 45.6 Å². The second-order valence-electron chi connectivity index (χ2n) is 12.2. The van der Waals surface area contributed by atoms with Gasteiger partial charge in [0.2, 0.25) is 11.8 Å². The number of benzene rings is 2. The summed E-state index contributed by atoms with van der Waals surface area (Å²) in [4.78, 5) is 43.0. The third-order valence-electron chi connectivity index (χ3n) is 6.80. The Morgan fingerprint density at radius 2 is 1.44 bits per heavy atom. The van der Waals surface area contributed by atoms with Crippen LogP contribution < -0.4 is 21.0 Å². The van der Waals surface area contributed by atoms with Crippen LogP contribution in [0, 0.1) is 16.6 Å². The molecule has 2 heterocycles. The maximum atomic E-state index is 15.0. The van der Waals surface area contributed by atoms with Crippen molar-refractivity contribution in [2.24, 2.45) is 10.8 Å². The van der Waals surface area contributed by atoms with E-state index >= 15 is 0 Å². The van der Waals surface area contributed by atoms with Crippen molar-refractivity contribution >= 4 is 39.8 Å². The topological polar surface area (TPSA) is 94.9 Å². The van der Waals surface area contributed by atoms with Crippen molar-refractivity contribution in [3.05, 3.63) is 52.4 Å². The van der Waals surface area contributed by atoms with Crippen LogP contribution in [0.4, 0.5) is 21.5 Å². The quantitative estimate of drug-likeness (QED) is 0.469. The fourth-order valence-electron chi connectivity index (χ4n) is 4.15. The molecule has 9 heteroatoms.